The molecule has 22 heavy (non-hydrogen) atoms. The highest BCUT2D eigenvalue weighted by Crippen LogP contribution is 2.29. The van der Waals surface area contributed by atoms with Gasteiger partial charge in [-0.25, -0.2) is 0 Å². The molecule has 10 heteroatoms. The first-order chi connectivity index (χ1) is 10.5. The maximum Gasteiger partial charge on any atom is 0.305 e. The number of non-ortho nitro benzene ring substituents is 2. The summed E-state index contributed by atoms with van der Waals surface area (Å²) in [7, 11) is 0. The molecule has 3 aromatic rings. The van der Waals surface area contributed by atoms with Crippen molar-refractivity contribution in [2.45, 2.75) is 0 Å². The third kappa shape index (κ3) is 2.33. The first kappa shape index (κ1) is 13.9. The van der Waals surface area contributed by atoms with Gasteiger partial charge in [0.25, 0.3) is 5.69 Å². The van der Waals surface area contributed by atoms with Crippen LogP contribution in [0.15, 0.2) is 36.4 Å². The second kappa shape index (κ2) is 5.04. The molecule has 1 aromatic heterocycles. The molecule has 0 saturated carbocycles. The van der Waals surface area contributed by atoms with Crippen LogP contribution < -0.4 is 0 Å². The second-order valence-corrected chi connectivity index (χ2v) is 4.75. The highest BCUT2D eigenvalue weighted by atomic mass is 35.5. The van der Waals surface area contributed by atoms with Crippen molar-refractivity contribution < 1.29 is 9.85 Å². The summed E-state index contributed by atoms with van der Waals surface area (Å²) in [5.41, 5.74) is -0.382. The van der Waals surface area contributed by atoms with Crippen molar-refractivity contribution in [2.24, 2.45) is 0 Å². The van der Waals surface area contributed by atoms with Gasteiger partial charge in [0.1, 0.15) is 5.52 Å². The minimum absolute atomic E-state index is 0.0319. The monoisotopic (exact) mass is 319 g/mol. The van der Waals surface area contributed by atoms with Gasteiger partial charge < -0.3 is 0 Å². The molecule has 0 fully saturated rings. The maximum absolute atomic E-state index is 11.1. The zero-order valence-corrected chi connectivity index (χ0v) is 11.5. The summed E-state index contributed by atoms with van der Waals surface area (Å²) in [5, 5.41) is 30.4. The third-order valence-corrected chi connectivity index (χ3v) is 3.13. The lowest BCUT2D eigenvalue weighted by molar-refractivity contribution is -0.393. The summed E-state index contributed by atoms with van der Waals surface area (Å²) in [6.45, 7) is 0. The topological polar surface area (TPSA) is 117 Å². The number of benzene rings is 2. The van der Waals surface area contributed by atoms with Gasteiger partial charge in [0.05, 0.1) is 21.6 Å². The maximum atomic E-state index is 11.1. The lowest BCUT2D eigenvalue weighted by atomic mass is 10.2. The Morgan fingerprint density at radius 3 is 2.45 bits per heavy atom. The molecule has 0 aliphatic heterocycles. The molecule has 9 nitrogen and oxygen atoms in total. The quantitative estimate of drug-likeness (QED) is 0.541. The van der Waals surface area contributed by atoms with Gasteiger partial charge in [0, 0.05) is 11.1 Å². The molecule has 0 amide bonds. The summed E-state index contributed by atoms with van der Waals surface area (Å²) in [5.74, 6) is 0. The van der Waals surface area contributed by atoms with Crippen LogP contribution in [0.3, 0.4) is 0 Å². The van der Waals surface area contributed by atoms with Crippen LogP contribution in [0.4, 0.5) is 11.4 Å². The van der Waals surface area contributed by atoms with E-state index in [0.717, 1.165) is 16.9 Å². The number of rotatable bonds is 3. The summed E-state index contributed by atoms with van der Waals surface area (Å²) < 4.78 is 0. The molecule has 3 rings (SSSR count). The largest absolute Gasteiger partial charge is 0.305 e. The van der Waals surface area contributed by atoms with E-state index in [2.05, 4.69) is 10.2 Å². The number of fused-ring (bicyclic) bond motifs is 1. The van der Waals surface area contributed by atoms with Gasteiger partial charge in [-0.15, -0.1) is 10.2 Å². The SMILES string of the molecule is O=[N+]([O-])c1cc([N+](=O)[O-])c2nn(-c3cccc(Cl)c3)nc2c1. The third-order valence-electron chi connectivity index (χ3n) is 2.90. The van der Waals surface area contributed by atoms with Crippen LogP contribution in [0, 0.1) is 20.2 Å². The van der Waals surface area contributed by atoms with E-state index in [1.165, 1.54) is 0 Å². The van der Waals surface area contributed by atoms with Crippen molar-refractivity contribution >= 4 is 34.0 Å². The molecule has 0 unspecified atom stereocenters. The fraction of sp³-hybridized carbons (Fsp3) is 0. The normalized spacial score (nSPS) is 10.8. The molecule has 1 heterocycles. The van der Waals surface area contributed by atoms with Crippen LogP contribution in [0.2, 0.25) is 5.02 Å². The number of hydrogen-bond donors (Lipinski definition) is 0. The van der Waals surface area contributed by atoms with E-state index in [4.69, 9.17) is 11.6 Å². The van der Waals surface area contributed by atoms with E-state index in [0.29, 0.717) is 10.7 Å². The van der Waals surface area contributed by atoms with Gasteiger partial charge in [0.15, 0.2) is 5.52 Å². The van der Waals surface area contributed by atoms with E-state index < -0.39 is 21.2 Å². The van der Waals surface area contributed by atoms with Crippen molar-refractivity contribution in [3.63, 3.8) is 0 Å². The van der Waals surface area contributed by atoms with E-state index in [1.807, 2.05) is 0 Å². The fourth-order valence-electron chi connectivity index (χ4n) is 1.95. The van der Waals surface area contributed by atoms with Gasteiger partial charge in [0.2, 0.25) is 0 Å². The van der Waals surface area contributed by atoms with Crippen LogP contribution in [0.5, 0.6) is 0 Å². The van der Waals surface area contributed by atoms with Gasteiger partial charge in [-0.05, 0) is 18.2 Å². The summed E-state index contributed by atoms with van der Waals surface area (Å²) in [6.07, 6.45) is 0. The molecule has 0 spiro atoms. The van der Waals surface area contributed by atoms with Crippen LogP contribution >= 0.6 is 11.6 Å². The number of nitro benzene ring substituents is 2. The van der Waals surface area contributed by atoms with Gasteiger partial charge in [-0.2, -0.15) is 4.80 Å². The fourth-order valence-corrected chi connectivity index (χ4v) is 2.13. The van der Waals surface area contributed by atoms with Crippen molar-refractivity contribution in [1.82, 2.24) is 15.0 Å². The molecule has 110 valence electrons. The van der Waals surface area contributed by atoms with Crippen LogP contribution in [-0.2, 0) is 0 Å². The molecular weight excluding hydrogens is 314 g/mol. The van der Waals surface area contributed by atoms with E-state index >= 15 is 0 Å². The highest BCUT2D eigenvalue weighted by molar-refractivity contribution is 6.30. The Kier molecular flexibility index (Phi) is 3.18. The zero-order valence-electron chi connectivity index (χ0n) is 10.7. The van der Waals surface area contributed by atoms with Gasteiger partial charge in [-0.3, -0.25) is 20.2 Å². The number of halogens is 1. The van der Waals surface area contributed by atoms with Crippen LogP contribution in [0.1, 0.15) is 0 Å². The van der Waals surface area contributed by atoms with E-state index in [-0.39, 0.29) is 11.0 Å². The Labute approximate surface area is 127 Å². The highest BCUT2D eigenvalue weighted by Gasteiger charge is 2.23. The molecule has 0 atom stereocenters. The second-order valence-electron chi connectivity index (χ2n) is 4.32. The minimum atomic E-state index is -0.730. The molecule has 0 radical (unpaired) electrons. The van der Waals surface area contributed by atoms with Crippen molar-refractivity contribution in [1.29, 1.82) is 0 Å². The predicted molar refractivity (Wildman–Crippen MR) is 77.2 cm³/mol. The Morgan fingerprint density at radius 2 is 1.82 bits per heavy atom. The van der Waals surface area contributed by atoms with Gasteiger partial charge in [-0.1, -0.05) is 17.7 Å². The Balaban J connectivity index is 2.26. The van der Waals surface area contributed by atoms with E-state index in [9.17, 15) is 20.2 Å². The van der Waals surface area contributed by atoms with Crippen LogP contribution in [-0.4, -0.2) is 24.8 Å². The smallest absolute Gasteiger partial charge is 0.258 e. The molecule has 0 saturated heterocycles. The molecular formula is C12H6ClN5O4. The van der Waals surface area contributed by atoms with Crippen LogP contribution in [0.25, 0.3) is 16.7 Å². The standard InChI is InChI=1S/C12H6ClN5O4/c13-7-2-1-3-8(4-7)16-14-10-5-9(17(19)20)6-11(18(21)22)12(10)15-16/h1-6H. The van der Waals surface area contributed by atoms with E-state index in [1.54, 1.807) is 24.3 Å². The summed E-state index contributed by atoms with van der Waals surface area (Å²) in [6, 6.07) is 8.55. The minimum Gasteiger partial charge on any atom is -0.258 e. The van der Waals surface area contributed by atoms with Gasteiger partial charge >= 0.3 is 5.69 Å². The zero-order chi connectivity index (χ0) is 15.9. The summed E-state index contributed by atoms with van der Waals surface area (Å²) >= 11 is 5.88. The lowest BCUT2D eigenvalue weighted by Gasteiger charge is -1.98. The molecule has 0 aliphatic rings. The molecule has 2 aromatic carbocycles. The number of nitrogens with zero attached hydrogens (tertiary/aromatic N) is 5. The molecule has 0 bridgehead atoms. The van der Waals surface area contributed by atoms with Crippen molar-refractivity contribution in [3.05, 3.63) is 61.6 Å². The predicted octanol–water partition coefficient (Wildman–Crippen LogP) is 2.89. The van der Waals surface area contributed by atoms with Crippen molar-refractivity contribution in [3.8, 4) is 5.69 Å². The summed E-state index contributed by atoms with van der Waals surface area (Å²) in [4.78, 5) is 21.6. The van der Waals surface area contributed by atoms with Crippen molar-refractivity contribution in [2.75, 3.05) is 0 Å². The Hall–Kier alpha value is -3.07. The average molecular weight is 320 g/mol. The average Bonchev–Trinajstić information content (AvgIpc) is 2.89. The molecule has 0 N–H and O–H groups in total. The molecule has 0 aliphatic carbocycles. The number of nitro groups is 2. The number of aromatic nitrogens is 3. The number of hydrogen-bond acceptors (Lipinski definition) is 6. The Bertz CT molecular complexity index is 923. The first-order valence-corrected chi connectivity index (χ1v) is 6.29. The Morgan fingerprint density at radius 1 is 1.05 bits per heavy atom. The lowest BCUT2D eigenvalue weighted by Crippen LogP contribution is -1.98. The first-order valence-electron chi connectivity index (χ1n) is 5.91.